The second-order valence-electron chi connectivity index (χ2n) is 7.65. The quantitative estimate of drug-likeness (QED) is 0.793. The molecular weight excluding hydrogens is 284 g/mol. The van der Waals surface area contributed by atoms with Crippen LogP contribution in [0.2, 0.25) is 0 Å². The average Bonchev–Trinajstić information content (AvgIpc) is 2.85. The highest BCUT2D eigenvalue weighted by molar-refractivity contribution is 5.99. The molecule has 0 amide bonds. The van der Waals surface area contributed by atoms with Crippen molar-refractivity contribution in [3.63, 3.8) is 0 Å². The fourth-order valence-electron chi connectivity index (χ4n) is 5.85. The molecule has 0 radical (unpaired) electrons. The monoisotopic (exact) mass is 310 g/mol. The van der Waals surface area contributed by atoms with Gasteiger partial charge in [-0.1, -0.05) is 18.6 Å². The van der Waals surface area contributed by atoms with Gasteiger partial charge in [-0.3, -0.25) is 4.79 Å². The molecule has 1 aromatic carbocycles. The van der Waals surface area contributed by atoms with Crippen molar-refractivity contribution in [1.29, 1.82) is 0 Å². The highest BCUT2D eigenvalue weighted by Crippen LogP contribution is 2.61. The molecule has 1 fully saturated rings. The fraction of sp³-hybridized carbons (Fsp3) is 0.571. The Morgan fingerprint density at radius 3 is 2.87 bits per heavy atom. The van der Waals surface area contributed by atoms with E-state index in [-0.39, 0.29) is 5.41 Å². The normalized spacial score (nSPS) is 35.2. The van der Waals surface area contributed by atoms with Crippen LogP contribution in [0.4, 0.5) is 0 Å². The van der Waals surface area contributed by atoms with Crippen LogP contribution in [-0.2, 0) is 11.2 Å². The Bertz CT molecular complexity index is 687. The van der Waals surface area contributed by atoms with Crippen molar-refractivity contribution in [2.24, 2.45) is 17.3 Å². The van der Waals surface area contributed by atoms with E-state index in [2.05, 4.69) is 32.0 Å². The third-order valence-corrected chi connectivity index (χ3v) is 6.91. The summed E-state index contributed by atoms with van der Waals surface area (Å²) in [5.74, 6) is 3.08. The molecule has 4 rings (SSSR count). The van der Waals surface area contributed by atoms with Gasteiger partial charge in [-0.2, -0.15) is 0 Å². The van der Waals surface area contributed by atoms with Crippen LogP contribution in [0.15, 0.2) is 29.8 Å². The maximum absolute atomic E-state index is 12.7. The van der Waals surface area contributed by atoms with Crippen LogP contribution < -0.4 is 4.74 Å². The lowest BCUT2D eigenvalue weighted by Gasteiger charge is -2.50. The fourth-order valence-corrected chi connectivity index (χ4v) is 5.85. The Morgan fingerprint density at radius 2 is 2.13 bits per heavy atom. The number of ketones is 1. The van der Waals surface area contributed by atoms with E-state index < -0.39 is 0 Å². The maximum Gasteiger partial charge on any atom is 0.162 e. The third-order valence-electron chi connectivity index (χ3n) is 6.91. The molecule has 0 aliphatic heterocycles. The molecule has 0 N–H and O–H groups in total. The predicted molar refractivity (Wildman–Crippen MR) is 91.8 cm³/mol. The topological polar surface area (TPSA) is 26.3 Å². The lowest BCUT2D eigenvalue weighted by molar-refractivity contribution is -0.128. The maximum atomic E-state index is 12.7. The summed E-state index contributed by atoms with van der Waals surface area (Å²) in [5, 5.41) is 0. The van der Waals surface area contributed by atoms with Crippen molar-refractivity contribution < 1.29 is 9.53 Å². The lowest BCUT2D eigenvalue weighted by Crippen LogP contribution is -2.45. The van der Waals surface area contributed by atoms with Crippen molar-refractivity contribution >= 4 is 5.78 Å². The van der Waals surface area contributed by atoms with E-state index in [1.165, 1.54) is 23.1 Å². The van der Waals surface area contributed by atoms with E-state index in [9.17, 15) is 4.79 Å². The molecular formula is C21H26O2. The Balaban J connectivity index is 1.74. The van der Waals surface area contributed by atoms with Crippen molar-refractivity contribution in [3.8, 4) is 5.75 Å². The number of carbonyl (C=O) groups excluding carboxylic acids is 1. The summed E-state index contributed by atoms with van der Waals surface area (Å²) in [5.41, 5.74) is 4.22. The van der Waals surface area contributed by atoms with Gasteiger partial charge < -0.3 is 4.74 Å². The summed E-state index contributed by atoms with van der Waals surface area (Å²) in [6.45, 7) is 4.39. The summed E-state index contributed by atoms with van der Waals surface area (Å²) >= 11 is 0. The summed E-state index contributed by atoms with van der Waals surface area (Å²) in [6, 6.07) is 6.60. The number of allylic oxidation sites excluding steroid dienone is 2. The van der Waals surface area contributed by atoms with Gasteiger partial charge in [-0.25, -0.2) is 0 Å². The van der Waals surface area contributed by atoms with Gasteiger partial charge in [-0.15, -0.1) is 0 Å². The van der Waals surface area contributed by atoms with Gasteiger partial charge in [0.2, 0.25) is 0 Å². The van der Waals surface area contributed by atoms with Crippen LogP contribution in [0.5, 0.6) is 5.75 Å². The number of carbonyl (C=O) groups is 1. The Morgan fingerprint density at radius 1 is 1.30 bits per heavy atom. The molecule has 122 valence electrons. The van der Waals surface area contributed by atoms with Gasteiger partial charge in [0.25, 0.3) is 0 Å². The Hall–Kier alpha value is -1.57. The first-order valence-corrected chi connectivity index (χ1v) is 9.00. The van der Waals surface area contributed by atoms with Gasteiger partial charge in [0.05, 0.1) is 7.11 Å². The van der Waals surface area contributed by atoms with Gasteiger partial charge in [-0.05, 0) is 86.1 Å². The molecule has 0 aromatic heterocycles. The molecule has 0 spiro atoms. The molecule has 0 saturated heterocycles. The van der Waals surface area contributed by atoms with E-state index in [0.717, 1.165) is 31.4 Å². The standard InChI is InChI=1S/C21H26O2/c1-4-21-10-9-17-16-8-6-15(23-3)12-14(16)5-7-18(17)20(21)13(2)11-19(21)22/h6,8,11-12,17-18,20H,4-5,7,9-10H2,1-3H3/t17-,18-,20+,21-/m1/s1. The molecule has 2 nitrogen and oxygen atoms in total. The summed E-state index contributed by atoms with van der Waals surface area (Å²) in [4.78, 5) is 12.7. The molecule has 4 atom stereocenters. The van der Waals surface area contributed by atoms with E-state index in [1.54, 1.807) is 7.11 Å². The zero-order chi connectivity index (χ0) is 16.2. The molecule has 3 aliphatic rings. The van der Waals surface area contributed by atoms with Gasteiger partial charge in [0.15, 0.2) is 5.78 Å². The minimum atomic E-state index is -0.0881. The van der Waals surface area contributed by atoms with Crippen LogP contribution in [-0.4, -0.2) is 12.9 Å². The smallest absolute Gasteiger partial charge is 0.162 e. The van der Waals surface area contributed by atoms with Crippen LogP contribution in [0.25, 0.3) is 0 Å². The summed E-state index contributed by atoms with van der Waals surface area (Å²) < 4.78 is 5.40. The number of benzene rings is 1. The number of rotatable bonds is 2. The van der Waals surface area contributed by atoms with E-state index in [4.69, 9.17) is 4.74 Å². The Labute approximate surface area is 138 Å². The molecule has 0 bridgehead atoms. The highest BCUT2D eigenvalue weighted by Gasteiger charge is 2.56. The number of ether oxygens (including phenoxy) is 1. The molecule has 3 aliphatic carbocycles. The van der Waals surface area contributed by atoms with E-state index >= 15 is 0 Å². The highest BCUT2D eigenvalue weighted by atomic mass is 16.5. The van der Waals surface area contributed by atoms with Gasteiger partial charge >= 0.3 is 0 Å². The second-order valence-corrected chi connectivity index (χ2v) is 7.65. The Kier molecular flexibility index (Phi) is 3.40. The first kappa shape index (κ1) is 15.0. The molecule has 1 saturated carbocycles. The lowest BCUT2D eigenvalue weighted by atomic mass is 9.53. The number of methoxy groups -OCH3 is 1. The molecule has 23 heavy (non-hydrogen) atoms. The predicted octanol–water partition coefficient (Wildman–Crippen LogP) is 4.68. The van der Waals surface area contributed by atoms with Gasteiger partial charge in [0.1, 0.15) is 5.75 Å². The van der Waals surface area contributed by atoms with Crippen LogP contribution in [0.1, 0.15) is 56.6 Å². The number of aryl methyl sites for hydroxylation is 1. The van der Waals surface area contributed by atoms with Crippen molar-refractivity contribution in [3.05, 3.63) is 41.0 Å². The number of hydrogen-bond acceptors (Lipinski definition) is 2. The number of hydrogen-bond donors (Lipinski definition) is 0. The first-order valence-electron chi connectivity index (χ1n) is 9.00. The molecule has 1 aromatic rings. The van der Waals surface area contributed by atoms with Crippen molar-refractivity contribution in [2.75, 3.05) is 7.11 Å². The largest absolute Gasteiger partial charge is 0.497 e. The zero-order valence-corrected chi connectivity index (χ0v) is 14.4. The number of fused-ring (bicyclic) bond motifs is 5. The van der Waals surface area contributed by atoms with Gasteiger partial charge in [0, 0.05) is 5.41 Å². The summed E-state index contributed by atoms with van der Waals surface area (Å²) in [6.07, 6.45) is 7.47. The SMILES string of the molecule is CC[C@]12CC[C@@H]3c4ccc(OC)cc4CC[C@H]3[C@@H]1C(C)=CC2=O. The van der Waals surface area contributed by atoms with Crippen LogP contribution in [0.3, 0.4) is 0 Å². The average molecular weight is 310 g/mol. The first-order chi connectivity index (χ1) is 11.1. The van der Waals surface area contributed by atoms with E-state index in [0.29, 0.717) is 23.5 Å². The van der Waals surface area contributed by atoms with Crippen molar-refractivity contribution in [2.45, 2.75) is 51.9 Å². The summed E-state index contributed by atoms with van der Waals surface area (Å²) in [7, 11) is 1.74. The van der Waals surface area contributed by atoms with E-state index in [1.807, 2.05) is 6.08 Å². The van der Waals surface area contributed by atoms with Crippen LogP contribution in [0, 0.1) is 17.3 Å². The van der Waals surface area contributed by atoms with Crippen molar-refractivity contribution in [1.82, 2.24) is 0 Å². The third kappa shape index (κ3) is 1.96. The van der Waals surface area contributed by atoms with Crippen LogP contribution >= 0.6 is 0 Å². The molecule has 0 heterocycles. The zero-order valence-electron chi connectivity index (χ0n) is 14.4. The molecule has 0 unspecified atom stereocenters. The second kappa shape index (κ2) is 5.22. The molecule has 2 heteroatoms. The minimum absolute atomic E-state index is 0.0881. The minimum Gasteiger partial charge on any atom is -0.497 e.